The molecule has 3 aromatic carbocycles. The maximum Gasteiger partial charge on any atom is 0.416 e. The summed E-state index contributed by atoms with van der Waals surface area (Å²) in [6.07, 6.45) is -0.116. The summed E-state index contributed by atoms with van der Waals surface area (Å²) < 4.78 is 27.3. The Morgan fingerprint density at radius 2 is 1.55 bits per heavy atom. The van der Waals surface area contributed by atoms with Crippen LogP contribution in [0.1, 0.15) is 30.0 Å². The number of esters is 1. The van der Waals surface area contributed by atoms with E-state index in [4.69, 9.17) is 23.4 Å². The van der Waals surface area contributed by atoms with Crippen molar-refractivity contribution in [2.24, 2.45) is 0 Å². The Kier molecular flexibility index (Phi) is 9.40. The van der Waals surface area contributed by atoms with Crippen molar-refractivity contribution >= 4 is 12.1 Å². The second-order valence-electron chi connectivity index (χ2n) is 8.98. The number of rotatable bonds is 11. The van der Waals surface area contributed by atoms with Crippen molar-refractivity contribution in [3.8, 4) is 28.7 Å². The molecule has 0 bridgehead atoms. The molecule has 1 amide bonds. The minimum Gasteiger partial charge on any atom is -0.497 e. The van der Waals surface area contributed by atoms with E-state index in [1.54, 1.807) is 31.4 Å². The van der Waals surface area contributed by atoms with Crippen LogP contribution in [0.5, 0.6) is 17.2 Å². The molecular weight excluding hydrogens is 512 g/mol. The molecule has 0 saturated heterocycles. The largest absolute Gasteiger partial charge is 0.497 e. The van der Waals surface area contributed by atoms with Gasteiger partial charge in [-0.25, -0.2) is 9.78 Å². The van der Waals surface area contributed by atoms with E-state index in [1.165, 1.54) is 12.0 Å². The van der Waals surface area contributed by atoms with Crippen molar-refractivity contribution < 1.29 is 33.0 Å². The quantitative estimate of drug-likeness (QED) is 0.212. The smallest absolute Gasteiger partial charge is 0.416 e. The summed E-state index contributed by atoms with van der Waals surface area (Å²) in [5, 5.41) is 0. The zero-order valence-electron chi connectivity index (χ0n) is 23.0. The van der Waals surface area contributed by atoms with E-state index < -0.39 is 18.1 Å². The Morgan fingerprint density at radius 1 is 0.900 bits per heavy atom. The van der Waals surface area contributed by atoms with Gasteiger partial charge in [-0.05, 0) is 67.9 Å². The van der Waals surface area contributed by atoms with E-state index in [-0.39, 0.29) is 6.54 Å². The number of aryl methyl sites for hydroxylation is 1. The van der Waals surface area contributed by atoms with Crippen LogP contribution in [-0.4, -0.2) is 49.3 Å². The molecule has 9 nitrogen and oxygen atoms in total. The van der Waals surface area contributed by atoms with E-state index in [1.807, 2.05) is 68.4 Å². The molecule has 0 spiro atoms. The molecule has 1 atom stereocenters. The molecule has 0 radical (unpaired) electrons. The number of carbonyl (C=O) groups excluding carboxylic acids is 2. The lowest BCUT2D eigenvalue weighted by Gasteiger charge is -2.27. The molecule has 208 valence electrons. The number of aromatic nitrogens is 1. The van der Waals surface area contributed by atoms with E-state index in [0.717, 1.165) is 22.6 Å². The monoisotopic (exact) mass is 544 g/mol. The lowest BCUT2D eigenvalue weighted by atomic mass is 10.1. The Hall–Kier alpha value is -4.79. The summed E-state index contributed by atoms with van der Waals surface area (Å²) in [6.45, 7) is 3.86. The molecule has 4 rings (SSSR count). The predicted molar refractivity (Wildman–Crippen MR) is 148 cm³/mol. The van der Waals surface area contributed by atoms with Crippen molar-refractivity contribution in [2.45, 2.75) is 26.3 Å². The van der Waals surface area contributed by atoms with Crippen molar-refractivity contribution in [3.05, 3.63) is 95.9 Å². The lowest BCUT2D eigenvalue weighted by molar-refractivity contribution is -0.141. The van der Waals surface area contributed by atoms with Gasteiger partial charge in [0.05, 0.1) is 32.6 Å². The van der Waals surface area contributed by atoms with Crippen LogP contribution in [0.15, 0.2) is 83.3 Å². The summed E-state index contributed by atoms with van der Waals surface area (Å²) in [4.78, 5) is 30.9. The van der Waals surface area contributed by atoms with Crippen molar-refractivity contribution in [1.29, 1.82) is 0 Å². The zero-order valence-corrected chi connectivity index (χ0v) is 23.0. The van der Waals surface area contributed by atoms with Crippen molar-refractivity contribution in [1.82, 2.24) is 9.88 Å². The van der Waals surface area contributed by atoms with Gasteiger partial charge in [0.2, 0.25) is 5.89 Å². The first-order chi connectivity index (χ1) is 19.4. The SMILES string of the molecule is COC(=O)CN(C(=O)Oc1ccc(OC)cc1)[C@@H](C)c1ccc(OCCc2oc(-c3ccccc3)nc2C)cc1. The molecule has 0 aliphatic carbocycles. The van der Waals surface area contributed by atoms with Gasteiger partial charge in [-0.2, -0.15) is 0 Å². The van der Waals surface area contributed by atoms with Crippen LogP contribution >= 0.6 is 0 Å². The first-order valence-electron chi connectivity index (χ1n) is 12.8. The standard InChI is InChI=1S/C31H32N2O7/c1-21-28(40-30(32-21)24-8-6-5-7-9-24)18-19-38-26-12-10-23(11-13-26)22(2)33(20-29(34)37-4)31(35)39-27-16-14-25(36-3)15-17-27/h5-17,22H,18-20H2,1-4H3/t22-/m0/s1. The van der Waals surface area contributed by atoms with Crippen molar-refractivity contribution in [2.75, 3.05) is 27.4 Å². The molecule has 9 heteroatoms. The summed E-state index contributed by atoms with van der Waals surface area (Å²) in [5.74, 6) is 2.43. The van der Waals surface area contributed by atoms with Crippen LogP contribution in [0, 0.1) is 6.92 Å². The fourth-order valence-electron chi connectivity index (χ4n) is 4.01. The first kappa shape index (κ1) is 28.2. The number of methoxy groups -OCH3 is 2. The number of oxazole rings is 1. The van der Waals surface area contributed by atoms with Gasteiger partial charge < -0.3 is 23.4 Å². The summed E-state index contributed by atoms with van der Waals surface area (Å²) in [6, 6.07) is 23.2. The maximum atomic E-state index is 13.0. The van der Waals surface area contributed by atoms with Gasteiger partial charge in [0.15, 0.2) is 0 Å². The minimum absolute atomic E-state index is 0.271. The number of amides is 1. The lowest BCUT2D eigenvalue weighted by Crippen LogP contribution is -2.40. The van der Waals surface area contributed by atoms with Gasteiger partial charge >= 0.3 is 12.1 Å². The van der Waals surface area contributed by atoms with Crippen LogP contribution in [-0.2, 0) is 16.0 Å². The second-order valence-corrected chi connectivity index (χ2v) is 8.98. The maximum absolute atomic E-state index is 13.0. The molecule has 1 heterocycles. The number of benzene rings is 3. The number of carbonyl (C=O) groups is 2. The Morgan fingerprint density at radius 3 is 2.20 bits per heavy atom. The van der Waals surface area contributed by atoms with E-state index in [0.29, 0.717) is 36.2 Å². The van der Waals surface area contributed by atoms with Crippen LogP contribution < -0.4 is 14.2 Å². The number of hydrogen-bond donors (Lipinski definition) is 0. The highest BCUT2D eigenvalue weighted by molar-refractivity contribution is 5.79. The topological polar surface area (TPSA) is 100 Å². The minimum atomic E-state index is -0.680. The van der Waals surface area contributed by atoms with Crippen LogP contribution in [0.4, 0.5) is 4.79 Å². The fraction of sp³-hybridized carbons (Fsp3) is 0.258. The number of hydrogen-bond acceptors (Lipinski definition) is 8. The van der Waals surface area contributed by atoms with Gasteiger partial charge in [0, 0.05) is 12.0 Å². The molecule has 4 aromatic rings. The molecular formula is C31H32N2O7. The Bertz CT molecular complexity index is 1400. The van der Waals surface area contributed by atoms with Crippen LogP contribution in [0.3, 0.4) is 0 Å². The number of nitrogens with zero attached hydrogens (tertiary/aromatic N) is 2. The molecule has 0 N–H and O–H groups in total. The third kappa shape index (κ3) is 7.19. The third-order valence-corrected chi connectivity index (χ3v) is 6.37. The second kappa shape index (κ2) is 13.3. The molecule has 0 unspecified atom stereocenters. The summed E-state index contributed by atoms with van der Waals surface area (Å²) in [7, 11) is 2.82. The summed E-state index contributed by atoms with van der Waals surface area (Å²) in [5.41, 5.74) is 2.55. The molecule has 0 fully saturated rings. The van der Waals surface area contributed by atoms with E-state index in [2.05, 4.69) is 4.98 Å². The molecule has 1 aromatic heterocycles. The van der Waals surface area contributed by atoms with E-state index in [9.17, 15) is 9.59 Å². The third-order valence-electron chi connectivity index (χ3n) is 6.37. The Balaban J connectivity index is 1.37. The zero-order chi connectivity index (χ0) is 28.5. The highest BCUT2D eigenvalue weighted by Gasteiger charge is 2.26. The average molecular weight is 545 g/mol. The molecule has 40 heavy (non-hydrogen) atoms. The molecule has 0 saturated carbocycles. The van der Waals surface area contributed by atoms with Gasteiger partial charge in [0.25, 0.3) is 0 Å². The molecule has 0 aliphatic heterocycles. The Labute approximate surface area is 233 Å². The van der Waals surface area contributed by atoms with Gasteiger partial charge in [-0.1, -0.05) is 30.3 Å². The highest BCUT2D eigenvalue weighted by atomic mass is 16.6. The highest BCUT2D eigenvalue weighted by Crippen LogP contribution is 2.26. The summed E-state index contributed by atoms with van der Waals surface area (Å²) >= 11 is 0. The van der Waals surface area contributed by atoms with Crippen LogP contribution in [0.25, 0.3) is 11.5 Å². The normalized spacial score (nSPS) is 11.4. The van der Waals surface area contributed by atoms with Crippen molar-refractivity contribution in [3.63, 3.8) is 0 Å². The predicted octanol–water partition coefficient (Wildman–Crippen LogP) is 6.02. The fourth-order valence-corrected chi connectivity index (χ4v) is 4.01. The average Bonchev–Trinajstić information content (AvgIpc) is 3.36. The van der Waals surface area contributed by atoms with Gasteiger partial charge in [-0.15, -0.1) is 0 Å². The molecule has 0 aliphatic rings. The van der Waals surface area contributed by atoms with Crippen LogP contribution in [0.2, 0.25) is 0 Å². The van der Waals surface area contributed by atoms with Gasteiger partial charge in [0.1, 0.15) is 29.6 Å². The number of ether oxygens (including phenoxy) is 4. The first-order valence-corrected chi connectivity index (χ1v) is 12.8. The van der Waals surface area contributed by atoms with Gasteiger partial charge in [-0.3, -0.25) is 9.69 Å². The van der Waals surface area contributed by atoms with E-state index >= 15 is 0 Å².